The first kappa shape index (κ1) is 10.1. The van der Waals surface area contributed by atoms with Gasteiger partial charge in [-0.3, -0.25) is 0 Å². The van der Waals surface area contributed by atoms with Gasteiger partial charge in [0.05, 0.1) is 6.20 Å². The molecule has 0 aliphatic rings. The summed E-state index contributed by atoms with van der Waals surface area (Å²) in [5.41, 5.74) is 6.86. The van der Waals surface area contributed by atoms with Crippen molar-refractivity contribution in [3.63, 3.8) is 0 Å². The molecule has 0 saturated heterocycles. The number of hydrogen-bond donors (Lipinski definition) is 1. The van der Waals surface area contributed by atoms with Gasteiger partial charge in [-0.1, -0.05) is 5.92 Å². The van der Waals surface area contributed by atoms with Crippen LogP contribution >= 0.6 is 0 Å². The fourth-order valence-electron chi connectivity index (χ4n) is 1.20. The molecule has 2 aromatic rings. The largest absolute Gasteiger partial charge is 0.456 e. The maximum absolute atomic E-state index is 5.57. The number of ether oxygens (including phenoxy) is 1. The first-order valence-corrected chi connectivity index (χ1v) is 4.74. The zero-order valence-electron chi connectivity index (χ0n) is 8.55. The molecule has 0 spiro atoms. The summed E-state index contributed by atoms with van der Waals surface area (Å²) in [6.45, 7) is 0. The van der Waals surface area contributed by atoms with Crippen LogP contribution in [0.3, 0.4) is 0 Å². The predicted octanol–water partition coefficient (Wildman–Crippen LogP) is 2.44. The van der Waals surface area contributed by atoms with E-state index in [-0.39, 0.29) is 0 Å². The van der Waals surface area contributed by atoms with Gasteiger partial charge in [-0.25, -0.2) is 4.98 Å². The molecule has 1 aromatic heterocycles. The van der Waals surface area contributed by atoms with Gasteiger partial charge in [0.2, 0.25) is 0 Å². The zero-order valence-corrected chi connectivity index (χ0v) is 8.55. The quantitative estimate of drug-likeness (QED) is 0.611. The summed E-state index contributed by atoms with van der Waals surface area (Å²) in [4.78, 5) is 4.03. The first-order chi connectivity index (χ1) is 7.78. The molecule has 0 saturated carbocycles. The maximum atomic E-state index is 5.57. The van der Waals surface area contributed by atoms with Crippen LogP contribution in [-0.2, 0) is 0 Å². The summed E-state index contributed by atoms with van der Waals surface area (Å²) >= 11 is 0. The molecule has 0 unspecified atom stereocenters. The Bertz CT molecular complexity index is 509. The van der Waals surface area contributed by atoms with Crippen molar-refractivity contribution in [2.45, 2.75) is 0 Å². The lowest BCUT2D eigenvalue weighted by Crippen LogP contribution is -1.88. The smallest absolute Gasteiger partial charge is 0.145 e. The van der Waals surface area contributed by atoms with E-state index in [1.54, 1.807) is 42.6 Å². The standard InChI is InChI=1S/C13H10N2O/c1-2-11-5-8-13(9-15-11)16-12-6-3-10(14)4-7-12/h1,3-9H,14H2. The van der Waals surface area contributed by atoms with Crippen LogP contribution < -0.4 is 10.5 Å². The minimum Gasteiger partial charge on any atom is -0.456 e. The van der Waals surface area contributed by atoms with E-state index < -0.39 is 0 Å². The molecular formula is C13H10N2O. The van der Waals surface area contributed by atoms with Crippen LogP contribution in [0.2, 0.25) is 0 Å². The van der Waals surface area contributed by atoms with Gasteiger partial charge in [-0.2, -0.15) is 0 Å². The van der Waals surface area contributed by atoms with Gasteiger partial charge < -0.3 is 10.5 Å². The highest BCUT2D eigenvalue weighted by molar-refractivity contribution is 5.43. The number of rotatable bonds is 2. The summed E-state index contributed by atoms with van der Waals surface area (Å²) in [7, 11) is 0. The molecule has 1 aromatic carbocycles. The fourth-order valence-corrected chi connectivity index (χ4v) is 1.20. The number of terminal acetylenes is 1. The average Bonchev–Trinajstić information content (AvgIpc) is 2.33. The van der Waals surface area contributed by atoms with Crippen molar-refractivity contribution < 1.29 is 4.74 Å². The van der Waals surface area contributed by atoms with E-state index in [0.29, 0.717) is 22.9 Å². The number of nitrogens with two attached hydrogens (primary N) is 1. The lowest BCUT2D eigenvalue weighted by atomic mass is 10.3. The lowest BCUT2D eigenvalue weighted by molar-refractivity contribution is 0.480. The molecule has 0 radical (unpaired) electrons. The van der Waals surface area contributed by atoms with E-state index in [9.17, 15) is 0 Å². The topological polar surface area (TPSA) is 48.1 Å². The van der Waals surface area contributed by atoms with Crippen molar-refractivity contribution in [2.24, 2.45) is 0 Å². The Morgan fingerprint density at radius 1 is 1.06 bits per heavy atom. The first-order valence-electron chi connectivity index (χ1n) is 4.74. The summed E-state index contributed by atoms with van der Waals surface area (Å²) < 4.78 is 5.55. The van der Waals surface area contributed by atoms with Gasteiger partial charge in [0.15, 0.2) is 0 Å². The Morgan fingerprint density at radius 2 is 1.75 bits per heavy atom. The SMILES string of the molecule is C#Cc1ccc(Oc2ccc(N)cc2)cn1. The van der Waals surface area contributed by atoms with Crippen molar-refractivity contribution in [1.29, 1.82) is 0 Å². The van der Waals surface area contributed by atoms with Crippen LogP contribution in [0.1, 0.15) is 5.69 Å². The van der Waals surface area contributed by atoms with Gasteiger partial charge >= 0.3 is 0 Å². The summed E-state index contributed by atoms with van der Waals surface area (Å²) in [6.07, 6.45) is 6.79. The van der Waals surface area contributed by atoms with Gasteiger partial charge in [-0.15, -0.1) is 6.42 Å². The molecule has 0 amide bonds. The molecule has 0 atom stereocenters. The van der Waals surface area contributed by atoms with Crippen molar-refractivity contribution in [3.05, 3.63) is 48.3 Å². The second kappa shape index (κ2) is 4.37. The third-order valence-electron chi connectivity index (χ3n) is 2.00. The van der Waals surface area contributed by atoms with Crippen molar-refractivity contribution in [3.8, 4) is 23.8 Å². The van der Waals surface area contributed by atoms with E-state index in [4.69, 9.17) is 16.9 Å². The predicted molar refractivity (Wildman–Crippen MR) is 63.1 cm³/mol. The van der Waals surface area contributed by atoms with Crippen LogP contribution in [0.25, 0.3) is 0 Å². The Morgan fingerprint density at radius 3 is 2.31 bits per heavy atom. The monoisotopic (exact) mass is 210 g/mol. The number of pyridine rings is 1. The van der Waals surface area contributed by atoms with E-state index in [1.165, 1.54) is 0 Å². The third-order valence-corrected chi connectivity index (χ3v) is 2.00. The van der Waals surface area contributed by atoms with E-state index in [1.807, 2.05) is 0 Å². The minimum absolute atomic E-state index is 0.588. The molecule has 0 bridgehead atoms. The summed E-state index contributed by atoms with van der Waals surface area (Å²) in [5, 5.41) is 0. The molecule has 78 valence electrons. The van der Waals surface area contributed by atoms with Crippen LogP contribution in [0.4, 0.5) is 5.69 Å². The Hall–Kier alpha value is -2.47. The number of nitrogen functional groups attached to an aromatic ring is 1. The van der Waals surface area contributed by atoms with Crippen molar-refractivity contribution >= 4 is 5.69 Å². The van der Waals surface area contributed by atoms with Crippen LogP contribution in [-0.4, -0.2) is 4.98 Å². The number of nitrogens with zero attached hydrogens (tertiary/aromatic N) is 1. The van der Waals surface area contributed by atoms with E-state index in [0.717, 1.165) is 0 Å². The van der Waals surface area contributed by atoms with Gasteiger partial charge in [0, 0.05) is 5.69 Å². The summed E-state index contributed by atoms with van der Waals surface area (Å²) in [6, 6.07) is 10.6. The van der Waals surface area contributed by atoms with Crippen molar-refractivity contribution in [2.75, 3.05) is 5.73 Å². The molecule has 16 heavy (non-hydrogen) atoms. The molecule has 0 aliphatic heterocycles. The van der Waals surface area contributed by atoms with E-state index in [2.05, 4.69) is 10.9 Å². The lowest BCUT2D eigenvalue weighted by Gasteiger charge is -2.05. The highest BCUT2D eigenvalue weighted by atomic mass is 16.5. The minimum atomic E-state index is 0.588. The molecule has 1 heterocycles. The second-order valence-corrected chi connectivity index (χ2v) is 3.19. The van der Waals surface area contributed by atoms with Gasteiger partial charge in [-0.05, 0) is 36.4 Å². The normalized spacial score (nSPS) is 9.44. The summed E-state index contributed by atoms with van der Waals surface area (Å²) in [5.74, 6) is 3.80. The van der Waals surface area contributed by atoms with Crippen LogP contribution in [0.15, 0.2) is 42.6 Å². The number of hydrogen-bond acceptors (Lipinski definition) is 3. The Labute approximate surface area is 93.9 Å². The third kappa shape index (κ3) is 2.31. The number of aromatic nitrogens is 1. The molecule has 0 aliphatic carbocycles. The number of anilines is 1. The molecule has 3 heteroatoms. The van der Waals surface area contributed by atoms with Crippen LogP contribution in [0.5, 0.6) is 11.5 Å². The van der Waals surface area contributed by atoms with Crippen molar-refractivity contribution in [1.82, 2.24) is 4.98 Å². The average molecular weight is 210 g/mol. The van der Waals surface area contributed by atoms with E-state index >= 15 is 0 Å². The number of benzene rings is 1. The highest BCUT2D eigenvalue weighted by Gasteiger charge is 1.97. The molecule has 2 rings (SSSR count). The molecule has 3 nitrogen and oxygen atoms in total. The highest BCUT2D eigenvalue weighted by Crippen LogP contribution is 2.21. The van der Waals surface area contributed by atoms with Gasteiger partial charge in [0.25, 0.3) is 0 Å². The zero-order chi connectivity index (χ0) is 11.4. The molecule has 2 N–H and O–H groups in total. The Kier molecular flexibility index (Phi) is 2.75. The fraction of sp³-hybridized carbons (Fsp3) is 0. The van der Waals surface area contributed by atoms with Gasteiger partial charge in [0.1, 0.15) is 17.2 Å². The molecule has 0 fully saturated rings. The van der Waals surface area contributed by atoms with Crippen LogP contribution in [0, 0.1) is 12.3 Å². The Balaban J connectivity index is 2.15. The maximum Gasteiger partial charge on any atom is 0.145 e. The molecular weight excluding hydrogens is 200 g/mol. The second-order valence-electron chi connectivity index (χ2n) is 3.19.